The molecule has 0 unspecified atom stereocenters. The average molecular weight is 336 g/mol. The Labute approximate surface area is 148 Å². The summed E-state index contributed by atoms with van der Waals surface area (Å²) in [6, 6.07) is 11.9. The smallest absolute Gasteiger partial charge is 0.228 e. The molecule has 1 saturated heterocycles. The van der Waals surface area contributed by atoms with Crippen LogP contribution in [-0.2, 0) is 16.0 Å². The van der Waals surface area contributed by atoms with Crippen molar-refractivity contribution in [2.45, 2.75) is 40.0 Å². The average Bonchev–Trinajstić information content (AvgIpc) is 2.96. The molecule has 1 heterocycles. The van der Waals surface area contributed by atoms with Gasteiger partial charge in [-0.15, -0.1) is 0 Å². The van der Waals surface area contributed by atoms with Crippen molar-refractivity contribution in [2.75, 3.05) is 16.8 Å². The van der Waals surface area contributed by atoms with Crippen molar-refractivity contribution in [2.24, 2.45) is 0 Å². The maximum atomic E-state index is 12.3. The van der Waals surface area contributed by atoms with E-state index in [1.165, 1.54) is 5.56 Å². The number of benzene rings is 2. The predicted octanol–water partition coefficient (Wildman–Crippen LogP) is 3.92. The lowest BCUT2D eigenvalue weighted by molar-refractivity contribution is -0.117. The first-order valence-corrected chi connectivity index (χ1v) is 8.71. The van der Waals surface area contributed by atoms with Crippen LogP contribution in [0.25, 0.3) is 0 Å². The SMILES string of the molecule is Cc1ccc(CC(=O)Nc2ccc(N3CCCC3=O)c(C)c2)c(C)c1. The summed E-state index contributed by atoms with van der Waals surface area (Å²) >= 11 is 0. The molecule has 0 saturated carbocycles. The number of rotatable bonds is 4. The normalized spacial score (nSPS) is 14.0. The van der Waals surface area contributed by atoms with Gasteiger partial charge in [-0.05, 0) is 62.1 Å². The molecule has 25 heavy (non-hydrogen) atoms. The van der Waals surface area contributed by atoms with Gasteiger partial charge in [0.15, 0.2) is 0 Å². The van der Waals surface area contributed by atoms with Crippen molar-refractivity contribution in [1.29, 1.82) is 0 Å². The van der Waals surface area contributed by atoms with Crippen LogP contribution < -0.4 is 10.2 Å². The molecular formula is C21H24N2O2. The van der Waals surface area contributed by atoms with Gasteiger partial charge in [0.05, 0.1) is 6.42 Å². The third kappa shape index (κ3) is 3.90. The molecule has 0 radical (unpaired) electrons. The molecule has 4 nitrogen and oxygen atoms in total. The highest BCUT2D eigenvalue weighted by Gasteiger charge is 2.23. The van der Waals surface area contributed by atoms with Crippen LogP contribution in [0.3, 0.4) is 0 Å². The van der Waals surface area contributed by atoms with Gasteiger partial charge in [0.2, 0.25) is 11.8 Å². The molecule has 0 spiro atoms. The first kappa shape index (κ1) is 17.2. The van der Waals surface area contributed by atoms with Crippen LogP contribution in [0.15, 0.2) is 36.4 Å². The number of carbonyl (C=O) groups excluding carboxylic acids is 2. The monoisotopic (exact) mass is 336 g/mol. The Balaban J connectivity index is 1.69. The van der Waals surface area contributed by atoms with E-state index >= 15 is 0 Å². The zero-order chi connectivity index (χ0) is 18.0. The molecule has 0 bridgehead atoms. The third-order valence-corrected chi connectivity index (χ3v) is 4.69. The van der Waals surface area contributed by atoms with E-state index in [1.807, 2.05) is 56.0 Å². The minimum Gasteiger partial charge on any atom is -0.326 e. The highest BCUT2D eigenvalue weighted by atomic mass is 16.2. The van der Waals surface area contributed by atoms with Crippen LogP contribution in [0.1, 0.15) is 35.1 Å². The highest BCUT2D eigenvalue weighted by Crippen LogP contribution is 2.27. The van der Waals surface area contributed by atoms with E-state index in [0.29, 0.717) is 12.8 Å². The van der Waals surface area contributed by atoms with Gasteiger partial charge in [0, 0.05) is 24.3 Å². The summed E-state index contributed by atoms with van der Waals surface area (Å²) in [5.74, 6) is 0.145. The fourth-order valence-corrected chi connectivity index (χ4v) is 3.36. The van der Waals surface area contributed by atoms with Gasteiger partial charge in [0.1, 0.15) is 0 Å². The fourth-order valence-electron chi connectivity index (χ4n) is 3.36. The molecule has 2 amide bonds. The molecule has 0 aliphatic carbocycles. The summed E-state index contributed by atoms with van der Waals surface area (Å²) in [4.78, 5) is 26.1. The van der Waals surface area contributed by atoms with Crippen molar-refractivity contribution < 1.29 is 9.59 Å². The second kappa shape index (κ2) is 7.09. The minimum absolute atomic E-state index is 0.0312. The highest BCUT2D eigenvalue weighted by molar-refractivity contribution is 5.97. The third-order valence-electron chi connectivity index (χ3n) is 4.69. The van der Waals surface area contributed by atoms with Gasteiger partial charge in [-0.2, -0.15) is 0 Å². The summed E-state index contributed by atoms with van der Waals surface area (Å²) in [5, 5.41) is 2.96. The van der Waals surface area contributed by atoms with E-state index in [1.54, 1.807) is 0 Å². The van der Waals surface area contributed by atoms with Crippen LogP contribution in [0, 0.1) is 20.8 Å². The predicted molar refractivity (Wildman–Crippen MR) is 101 cm³/mol. The summed E-state index contributed by atoms with van der Waals surface area (Å²) in [6.45, 7) is 6.83. The zero-order valence-corrected chi connectivity index (χ0v) is 15.1. The Bertz CT molecular complexity index is 827. The van der Waals surface area contributed by atoms with Crippen molar-refractivity contribution in [3.8, 4) is 0 Å². The number of hydrogen-bond acceptors (Lipinski definition) is 2. The lowest BCUT2D eigenvalue weighted by Gasteiger charge is -2.19. The Hall–Kier alpha value is -2.62. The van der Waals surface area contributed by atoms with Crippen molar-refractivity contribution in [1.82, 2.24) is 0 Å². The van der Waals surface area contributed by atoms with Gasteiger partial charge < -0.3 is 10.2 Å². The minimum atomic E-state index is -0.0312. The van der Waals surface area contributed by atoms with Gasteiger partial charge in [-0.1, -0.05) is 23.8 Å². The molecule has 130 valence electrons. The topological polar surface area (TPSA) is 49.4 Å². The van der Waals surface area contributed by atoms with Crippen LogP contribution in [0.5, 0.6) is 0 Å². The standard InChI is InChI=1S/C21H24N2O2/c1-14-6-7-17(15(2)11-14)13-20(24)22-18-8-9-19(16(3)12-18)23-10-4-5-21(23)25/h6-9,11-12H,4-5,10,13H2,1-3H3,(H,22,24). The summed E-state index contributed by atoms with van der Waals surface area (Å²) in [5.41, 5.74) is 6.08. The summed E-state index contributed by atoms with van der Waals surface area (Å²) in [6.07, 6.45) is 1.89. The molecule has 1 fully saturated rings. The summed E-state index contributed by atoms with van der Waals surface area (Å²) < 4.78 is 0. The Morgan fingerprint density at radius 3 is 2.52 bits per heavy atom. The lowest BCUT2D eigenvalue weighted by atomic mass is 10.0. The number of hydrogen-bond donors (Lipinski definition) is 1. The summed E-state index contributed by atoms with van der Waals surface area (Å²) in [7, 11) is 0. The lowest BCUT2D eigenvalue weighted by Crippen LogP contribution is -2.24. The van der Waals surface area contributed by atoms with Crippen molar-refractivity contribution >= 4 is 23.2 Å². The molecule has 0 atom stereocenters. The number of nitrogens with one attached hydrogen (secondary N) is 1. The first-order chi connectivity index (χ1) is 11.9. The Morgan fingerprint density at radius 2 is 1.88 bits per heavy atom. The van der Waals surface area contributed by atoms with Crippen LogP contribution in [0.4, 0.5) is 11.4 Å². The number of aryl methyl sites for hydroxylation is 3. The largest absolute Gasteiger partial charge is 0.326 e. The number of nitrogens with zero attached hydrogens (tertiary/aromatic N) is 1. The number of carbonyl (C=O) groups is 2. The van der Waals surface area contributed by atoms with Gasteiger partial charge in [-0.3, -0.25) is 9.59 Å². The molecule has 2 aromatic carbocycles. The van der Waals surface area contributed by atoms with Crippen molar-refractivity contribution in [3.63, 3.8) is 0 Å². The molecule has 4 heteroatoms. The molecule has 1 N–H and O–H groups in total. The maximum Gasteiger partial charge on any atom is 0.228 e. The van der Waals surface area contributed by atoms with E-state index in [2.05, 4.69) is 11.4 Å². The van der Waals surface area contributed by atoms with E-state index < -0.39 is 0 Å². The maximum absolute atomic E-state index is 12.3. The van der Waals surface area contributed by atoms with Crippen molar-refractivity contribution in [3.05, 3.63) is 58.7 Å². The number of anilines is 2. The first-order valence-electron chi connectivity index (χ1n) is 8.71. The molecular weight excluding hydrogens is 312 g/mol. The number of amides is 2. The van der Waals surface area contributed by atoms with E-state index in [-0.39, 0.29) is 11.8 Å². The van der Waals surface area contributed by atoms with E-state index in [0.717, 1.165) is 41.0 Å². The van der Waals surface area contributed by atoms with Gasteiger partial charge in [-0.25, -0.2) is 0 Å². The van der Waals surface area contributed by atoms with Gasteiger partial charge in [0.25, 0.3) is 0 Å². The molecule has 3 rings (SSSR count). The molecule has 0 aromatic heterocycles. The Morgan fingerprint density at radius 1 is 1.08 bits per heavy atom. The quantitative estimate of drug-likeness (QED) is 0.920. The molecule has 1 aliphatic rings. The second-order valence-corrected chi connectivity index (χ2v) is 6.81. The molecule has 2 aromatic rings. The zero-order valence-electron chi connectivity index (χ0n) is 15.1. The van der Waals surface area contributed by atoms with Crippen LogP contribution in [0.2, 0.25) is 0 Å². The Kier molecular flexibility index (Phi) is 4.88. The van der Waals surface area contributed by atoms with Gasteiger partial charge >= 0.3 is 0 Å². The van der Waals surface area contributed by atoms with E-state index in [9.17, 15) is 9.59 Å². The fraction of sp³-hybridized carbons (Fsp3) is 0.333. The molecule has 1 aliphatic heterocycles. The van der Waals surface area contributed by atoms with Crippen LogP contribution in [-0.4, -0.2) is 18.4 Å². The van der Waals surface area contributed by atoms with E-state index in [4.69, 9.17) is 0 Å². The second-order valence-electron chi connectivity index (χ2n) is 6.81. The van der Waals surface area contributed by atoms with Crippen LogP contribution >= 0.6 is 0 Å².